The minimum Gasteiger partial charge on any atom is -0.326 e. The molecule has 0 radical (unpaired) electrons. The molecule has 2 aromatic rings. The summed E-state index contributed by atoms with van der Waals surface area (Å²) in [5.74, 6) is 0.651. The second-order valence-electron chi connectivity index (χ2n) is 6.43. The Kier molecular flexibility index (Phi) is 7.33. The molecule has 0 aromatic heterocycles. The molecule has 0 atom stereocenters. The molecule has 2 N–H and O–H groups in total. The van der Waals surface area contributed by atoms with Crippen molar-refractivity contribution in [1.82, 2.24) is 0 Å². The highest BCUT2D eigenvalue weighted by Gasteiger charge is 2.10. The van der Waals surface area contributed by atoms with Gasteiger partial charge in [0.25, 0.3) is 0 Å². The lowest BCUT2D eigenvalue weighted by Gasteiger charge is -2.12. The maximum absolute atomic E-state index is 12.2. The number of benzene rings is 2. The number of thioether (sulfide) groups is 1. The number of amides is 1. The van der Waals surface area contributed by atoms with Crippen molar-refractivity contribution in [3.8, 4) is 0 Å². The lowest BCUT2D eigenvalue weighted by molar-refractivity contribution is -0.115. The van der Waals surface area contributed by atoms with Gasteiger partial charge >= 0.3 is 0 Å². The van der Waals surface area contributed by atoms with Gasteiger partial charge in [-0.15, -0.1) is 11.8 Å². The first-order valence-corrected chi connectivity index (χ1v) is 11.4. The highest BCUT2D eigenvalue weighted by atomic mass is 32.2. The Bertz CT molecular complexity index is 925. The molecule has 1 amide bonds. The van der Waals surface area contributed by atoms with Gasteiger partial charge in [0, 0.05) is 22.8 Å². The van der Waals surface area contributed by atoms with Crippen LogP contribution in [0.1, 0.15) is 30.0 Å². The zero-order chi connectivity index (χ0) is 20.0. The van der Waals surface area contributed by atoms with Gasteiger partial charge in [0.05, 0.1) is 11.4 Å². The van der Waals surface area contributed by atoms with Gasteiger partial charge in [-0.25, -0.2) is 8.42 Å². The molecule has 0 aliphatic heterocycles. The van der Waals surface area contributed by atoms with E-state index in [-0.39, 0.29) is 11.7 Å². The van der Waals surface area contributed by atoms with Gasteiger partial charge < -0.3 is 5.32 Å². The Morgan fingerprint density at radius 2 is 1.74 bits per heavy atom. The third-order valence-corrected chi connectivity index (χ3v) is 6.52. The monoisotopic (exact) mass is 406 g/mol. The number of sulfonamides is 1. The molecule has 0 saturated heterocycles. The number of carbonyl (C=O) groups is 1. The topological polar surface area (TPSA) is 75.3 Å². The highest BCUT2D eigenvalue weighted by Crippen LogP contribution is 2.23. The summed E-state index contributed by atoms with van der Waals surface area (Å²) in [6, 6.07) is 11.4. The standard InChI is InChI=1S/C20H26N2O3S2/c1-5-27(24,25)22-19-9-7-17(12-16(19)4)21-20(23)10-11-26-18-8-6-14(2)15(3)13-18/h6-9,12-13,22H,5,10-11H2,1-4H3,(H,21,23). The smallest absolute Gasteiger partial charge is 0.232 e. The van der Waals surface area contributed by atoms with Gasteiger partial charge in [0.2, 0.25) is 15.9 Å². The van der Waals surface area contributed by atoms with Gasteiger partial charge in [-0.3, -0.25) is 9.52 Å². The fourth-order valence-electron chi connectivity index (χ4n) is 2.38. The van der Waals surface area contributed by atoms with Gasteiger partial charge in [-0.2, -0.15) is 0 Å². The largest absolute Gasteiger partial charge is 0.326 e. The van der Waals surface area contributed by atoms with Crippen molar-refractivity contribution in [3.05, 3.63) is 53.1 Å². The van der Waals surface area contributed by atoms with Crippen LogP contribution in [0.25, 0.3) is 0 Å². The molecule has 2 aromatic carbocycles. The molecule has 0 aliphatic carbocycles. The molecule has 27 heavy (non-hydrogen) atoms. The first-order valence-electron chi connectivity index (χ1n) is 8.81. The second-order valence-corrected chi connectivity index (χ2v) is 9.61. The number of hydrogen-bond donors (Lipinski definition) is 2. The average molecular weight is 407 g/mol. The fraction of sp³-hybridized carbons (Fsp3) is 0.350. The Hall–Kier alpha value is -1.99. The van der Waals surface area contributed by atoms with Crippen LogP contribution < -0.4 is 10.0 Å². The van der Waals surface area contributed by atoms with E-state index in [0.717, 1.165) is 10.5 Å². The van der Waals surface area contributed by atoms with Crippen molar-refractivity contribution in [2.75, 3.05) is 21.5 Å². The van der Waals surface area contributed by atoms with Crippen LogP contribution in [-0.2, 0) is 14.8 Å². The molecule has 5 nitrogen and oxygen atoms in total. The van der Waals surface area contributed by atoms with Crippen LogP contribution in [0.3, 0.4) is 0 Å². The minimum absolute atomic E-state index is 0.0170. The Morgan fingerprint density at radius 1 is 1.00 bits per heavy atom. The number of nitrogens with one attached hydrogen (secondary N) is 2. The molecule has 0 saturated carbocycles. The maximum atomic E-state index is 12.2. The molecule has 2 rings (SSSR count). The van der Waals surface area contributed by atoms with Crippen molar-refractivity contribution in [3.63, 3.8) is 0 Å². The van der Waals surface area contributed by atoms with Crippen LogP contribution in [0, 0.1) is 20.8 Å². The number of rotatable bonds is 8. The molecule has 146 valence electrons. The van der Waals surface area contributed by atoms with E-state index in [2.05, 4.69) is 42.1 Å². The molecular weight excluding hydrogens is 380 g/mol. The van der Waals surface area contributed by atoms with E-state index in [1.807, 2.05) is 0 Å². The second kappa shape index (κ2) is 9.28. The Balaban J connectivity index is 1.88. The van der Waals surface area contributed by atoms with E-state index in [1.54, 1.807) is 43.8 Å². The predicted octanol–water partition coefficient (Wildman–Crippen LogP) is 4.49. The summed E-state index contributed by atoms with van der Waals surface area (Å²) in [4.78, 5) is 13.3. The summed E-state index contributed by atoms with van der Waals surface area (Å²) < 4.78 is 25.9. The van der Waals surface area contributed by atoms with Crippen LogP contribution in [-0.4, -0.2) is 25.8 Å². The van der Waals surface area contributed by atoms with Crippen LogP contribution in [0.2, 0.25) is 0 Å². The molecule has 0 heterocycles. The number of anilines is 2. The van der Waals surface area contributed by atoms with Crippen molar-refractivity contribution in [1.29, 1.82) is 0 Å². The average Bonchev–Trinajstić information content (AvgIpc) is 2.60. The van der Waals surface area contributed by atoms with E-state index in [1.165, 1.54) is 11.1 Å². The van der Waals surface area contributed by atoms with Crippen molar-refractivity contribution in [2.45, 2.75) is 39.0 Å². The van der Waals surface area contributed by atoms with Crippen molar-refractivity contribution < 1.29 is 13.2 Å². The van der Waals surface area contributed by atoms with Gasteiger partial charge in [0.1, 0.15) is 0 Å². The fourth-order valence-corrected chi connectivity index (χ4v) is 4.04. The maximum Gasteiger partial charge on any atom is 0.232 e. The van der Waals surface area contributed by atoms with E-state index in [4.69, 9.17) is 0 Å². The number of aryl methyl sites for hydroxylation is 3. The van der Waals surface area contributed by atoms with Crippen LogP contribution in [0.5, 0.6) is 0 Å². The molecule has 0 spiro atoms. The molecule has 0 bridgehead atoms. The lowest BCUT2D eigenvalue weighted by Crippen LogP contribution is -2.16. The molecule has 7 heteroatoms. The first-order chi connectivity index (χ1) is 12.7. The molecule has 0 aliphatic rings. The predicted molar refractivity (Wildman–Crippen MR) is 114 cm³/mol. The summed E-state index contributed by atoms with van der Waals surface area (Å²) in [5.41, 5.74) is 4.46. The summed E-state index contributed by atoms with van der Waals surface area (Å²) in [5, 5.41) is 2.86. The summed E-state index contributed by atoms with van der Waals surface area (Å²) >= 11 is 1.66. The van der Waals surface area contributed by atoms with Gasteiger partial charge in [0.15, 0.2) is 0 Å². The SMILES string of the molecule is CCS(=O)(=O)Nc1ccc(NC(=O)CCSc2ccc(C)c(C)c2)cc1C. The third-order valence-electron chi connectivity index (χ3n) is 4.23. The Morgan fingerprint density at radius 3 is 2.37 bits per heavy atom. The zero-order valence-corrected chi connectivity index (χ0v) is 17.8. The normalized spacial score (nSPS) is 11.3. The summed E-state index contributed by atoms with van der Waals surface area (Å²) in [7, 11) is -3.32. The van der Waals surface area contributed by atoms with Crippen LogP contribution in [0.4, 0.5) is 11.4 Å². The quantitative estimate of drug-likeness (QED) is 0.633. The van der Waals surface area contributed by atoms with Gasteiger partial charge in [-0.1, -0.05) is 6.07 Å². The van der Waals surface area contributed by atoms with Gasteiger partial charge in [-0.05, 0) is 74.7 Å². The van der Waals surface area contributed by atoms with Crippen molar-refractivity contribution in [2.24, 2.45) is 0 Å². The Labute approximate surface area is 166 Å². The number of carbonyl (C=O) groups excluding carboxylic acids is 1. The highest BCUT2D eigenvalue weighted by molar-refractivity contribution is 7.99. The van der Waals surface area contributed by atoms with Crippen molar-refractivity contribution >= 4 is 39.1 Å². The summed E-state index contributed by atoms with van der Waals surface area (Å²) in [6.45, 7) is 7.55. The van der Waals surface area contributed by atoms with E-state index in [0.29, 0.717) is 23.5 Å². The van der Waals surface area contributed by atoms with E-state index in [9.17, 15) is 13.2 Å². The molecular formula is C20H26N2O3S2. The summed E-state index contributed by atoms with van der Waals surface area (Å²) in [6.07, 6.45) is 0.404. The van der Waals surface area contributed by atoms with Crippen LogP contribution >= 0.6 is 11.8 Å². The lowest BCUT2D eigenvalue weighted by atomic mass is 10.1. The minimum atomic E-state index is -3.32. The van der Waals surface area contributed by atoms with E-state index >= 15 is 0 Å². The van der Waals surface area contributed by atoms with E-state index < -0.39 is 10.0 Å². The molecule has 0 fully saturated rings. The molecule has 0 unspecified atom stereocenters. The van der Waals surface area contributed by atoms with Crippen LogP contribution in [0.15, 0.2) is 41.3 Å². The zero-order valence-electron chi connectivity index (χ0n) is 16.1. The number of hydrogen-bond acceptors (Lipinski definition) is 4. The first kappa shape index (κ1) is 21.3. The third kappa shape index (κ3) is 6.59.